The van der Waals surface area contributed by atoms with E-state index in [1.54, 1.807) is 20.0 Å². The molecule has 4 nitrogen and oxygen atoms in total. The van der Waals surface area contributed by atoms with Crippen LogP contribution in [0.2, 0.25) is 70.5 Å². The van der Waals surface area contributed by atoms with Crippen molar-refractivity contribution < 1.29 is 5.48 Å². The molecule has 0 aromatic rings. The monoisotopic (exact) mass is 793 g/mol. The standard InChI is InChI=1S/2C7H14ClNSi.C7H14FNSi.C5H7N.C2H7ClSi.C2H4S.3CH4/c3*1-4-7(5-9)6-10(2,3)8;1-3-5(2)4-6;1-4(2)3;1-2-3;;;/h3*7H,4,6H2,1-3H3;2-3H2,1H3;4H,1-2H3;2H,1H3;3*1H4/i;;;;;2D;;;. The summed E-state index contributed by atoms with van der Waals surface area (Å²) < 4.78 is 19.3. The van der Waals surface area contributed by atoms with E-state index in [0.717, 1.165) is 37.8 Å². The number of thiocarbonyl (C=S) groups is 1. The van der Waals surface area contributed by atoms with Gasteiger partial charge in [0, 0.05) is 23.3 Å². The van der Waals surface area contributed by atoms with Crippen LogP contribution >= 0.6 is 45.5 Å². The second-order valence-electron chi connectivity index (χ2n) is 11.8. The summed E-state index contributed by atoms with van der Waals surface area (Å²) >= 11 is 21.8. The minimum absolute atomic E-state index is 0. The van der Waals surface area contributed by atoms with Crippen LogP contribution in [0.25, 0.3) is 0 Å². The summed E-state index contributed by atoms with van der Waals surface area (Å²) in [5.41, 5.74) is 0.648. The third-order valence-electron chi connectivity index (χ3n) is 4.81. The molecular weight excluding hydrogens is 722 g/mol. The summed E-state index contributed by atoms with van der Waals surface area (Å²) in [6.45, 7) is 28.6. The highest BCUT2D eigenvalue weighted by atomic mass is 35.6. The molecule has 0 spiro atoms. The molecule has 3 atom stereocenters. The van der Waals surface area contributed by atoms with Crippen molar-refractivity contribution in [1.82, 2.24) is 0 Å². The lowest BCUT2D eigenvalue weighted by Gasteiger charge is -2.15. The lowest BCUT2D eigenvalue weighted by atomic mass is 10.1. The number of nitrogens with zero attached hydrogens (tertiary/aromatic N) is 4. The Balaban J connectivity index is -0.0000000538. The summed E-state index contributed by atoms with van der Waals surface area (Å²) in [6, 6.07) is 10.9. The van der Waals surface area contributed by atoms with Gasteiger partial charge in [0.15, 0.2) is 14.8 Å². The Bertz CT molecular complexity index is 813. The molecule has 0 radical (unpaired) electrons. The fraction of sp³-hybridized carbons (Fsp3) is 0.788. The van der Waals surface area contributed by atoms with E-state index in [-0.39, 0.29) is 45.4 Å². The van der Waals surface area contributed by atoms with Crippen molar-refractivity contribution in [3.63, 3.8) is 0 Å². The van der Waals surface area contributed by atoms with Crippen LogP contribution in [0.15, 0.2) is 12.2 Å². The molecule has 0 aromatic carbocycles. The highest BCUT2D eigenvalue weighted by molar-refractivity contribution is 7.78. The summed E-state index contributed by atoms with van der Waals surface area (Å²) in [5.74, 6) is 0.296. The average molecular weight is 796 g/mol. The van der Waals surface area contributed by atoms with Crippen molar-refractivity contribution in [3.05, 3.63) is 12.2 Å². The Kier molecular flexibility index (Phi) is 59.1. The molecule has 0 aliphatic rings. The largest absolute Gasteiger partial charge is 0.314 e. The van der Waals surface area contributed by atoms with Gasteiger partial charge in [-0.1, -0.05) is 108 Å². The first-order chi connectivity index (χ1) is 19.7. The van der Waals surface area contributed by atoms with Gasteiger partial charge in [-0.05, 0) is 69.2 Å². The third kappa shape index (κ3) is 84.4. The van der Waals surface area contributed by atoms with Crippen molar-refractivity contribution in [2.24, 2.45) is 17.8 Å². The molecule has 0 amide bonds. The molecule has 0 aromatic heterocycles. The van der Waals surface area contributed by atoms with Gasteiger partial charge in [-0.25, -0.2) is 0 Å². The van der Waals surface area contributed by atoms with Gasteiger partial charge < -0.3 is 4.11 Å². The zero-order chi connectivity index (χ0) is 36.7. The van der Waals surface area contributed by atoms with Crippen molar-refractivity contribution in [2.45, 2.75) is 153 Å². The van der Waals surface area contributed by atoms with Crippen LogP contribution in [0.3, 0.4) is 0 Å². The maximum atomic E-state index is 13.0. The highest BCUT2D eigenvalue weighted by Gasteiger charge is 2.24. The Morgan fingerprint density at radius 2 is 1.02 bits per heavy atom. The first kappa shape index (κ1) is 64.0. The van der Waals surface area contributed by atoms with Gasteiger partial charge in [0.1, 0.15) is 8.11 Å². The molecule has 0 heterocycles. The molecule has 274 valence electrons. The SMILES string of the molecule is C.C.C.C=C(C#N)CC.CCC(C#N)C[Si](C)(C)Cl.CCC(C#N)C[Si](C)(C)Cl.CCC(C#N)C[Si](C)(C)F.C[SiH](C)Cl.[2H]C(C)=S. The van der Waals surface area contributed by atoms with Crippen molar-refractivity contribution >= 4 is 82.1 Å². The number of allylic oxidation sites excluding steroid dienone is 1. The van der Waals surface area contributed by atoms with Gasteiger partial charge in [-0.15, -0.1) is 0 Å². The average Bonchev–Trinajstić information content (AvgIpc) is 2.87. The molecule has 0 aliphatic heterocycles. The number of hydrogen-bond donors (Lipinski definition) is 0. The first-order valence-corrected chi connectivity index (χ1v) is 30.7. The Morgan fingerprint density at radius 3 is 1.07 bits per heavy atom. The maximum Gasteiger partial charge on any atom is 0.242 e. The van der Waals surface area contributed by atoms with E-state index < -0.39 is 31.3 Å². The highest BCUT2D eigenvalue weighted by Crippen LogP contribution is 2.23. The second kappa shape index (κ2) is 42.5. The number of halogens is 4. The maximum absolute atomic E-state index is 13.0. The van der Waals surface area contributed by atoms with Crippen LogP contribution in [0, 0.1) is 63.1 Å². The first-order valence-electron chi connectivity index (χ1n) is 15.2. The van der Waals surface area contributed by atoms with E-state index in [0.29, 0.717) is 11.6 Å². The molecule has 0 N–H and O–H groups in total. The Labute approximate surface area is 314 Å². The van der Waals surface area contributed by atoms with Gasteiger partial charge in [-0.3, -0.25) is 0 Å². The fourth-order valence-electron chi connectivity index (χ4n) is 2.68. The molecule has 0 bridgehead atoms. The minimum atomic E-state index is -2.48. The molecular formula is C33H72Cl3FN4SSi4. The van der Waals surface area contributed by atoms with Crippen molar-refractivity contribution in [2.75, 3.05) is 0 Å². The quantitative estimate of drug-likeness (QED) is 0.0949. The predicted molar refractivity (Wildman–Crippen MR) is 227 cm³/mol. The second-order valence-corrected chi connectivity index (χ2v) is 34.5. The van der Waals surface area contributed by atoms with Crippen molar-refractivity contribution in [3.8, 4) is 24.3 Å². The van der Waals surface area contributed by atoms with Gasteiger partial charge in [0.05, 0.1) is 25.6 Å². The summed E-state index contributed by atoms with van der Waals surface area (Å²) in [6.07, 6.45) is 3.41. The predicted octanol–water partition coefficient (Wildman–Crippen LogP) is 14.3. The van der Waals surface area contributed by atoms with Crippen LogP contribution in [0.5, 0.6) is 0 Å². The van der Waals surface area contributed by atoms with Crippen LogP contribution in [0.4, 0.5) is 4.11 Å². The Morgan fingerprint density at radius 1 is 0.804 bits per heavy atom. The van der Waals surface area contributed by atoms with Gasteiger partial charge in [0.25, 0.3) is 0 Å². The normalized spacial score (nSPS) is 11.6. The van der Waals surface area contributed by atoms with Gasteiger partial charge in [-0.2, -0.15) is 54.3 Å². The number of rotatable bonds is 10. The topological polar surface area (TPSA) is 95.2 Å². The molecule has 3 unspecified atom stereocenters. The number of hydrogen-bond acceptors (Lipinski definition) is 5. The molecule has 0 aliphatic carbocycles. The van der Waals surface area contributed by atoms with E-state index in [9.17, 15) is 4.11 Å². The zero-order valence-corrected chi connectivity index (χ0v) is 36.4. The van der Waals surface area contributed by atoms with E-state index >= 15 is 0 Å². The third-order valence-corrected chi connectivity index (χ3v) is 10.1. The molecule has 0 saturated heterocycles. The van der Waals surface area contributed by atoms with Crippen molar-refractivity contribution in [1.29, 1.82) is 21.0 Å². The minimum Gasteiger partial charge on any atom is -0.314 e. The van der Waals surface area contributed by atoms with Gasteiger partial charge in [0.2, 0.25) is 8.41 Å². The Hall–Kier alpha value is -0.542. The van der Waals surface area contributed by atoms with Crippen LogP contribution < -0.4 is 0 Å². The molecule has 13 heteroatoms. The smallest absolute Gasteiger partial charge is 0.242 e. The van der Waals surface area contributed by atoms with E-state index in [4.69, 9.17) is 55.7 Å². The zero-order valence-electron chi connectivity index (χ0n) is 30.2. The van der Waals surface area contributed by atoms with E-state index in [1.165, 1.54) is 0 Å². The number of nitriles is 4. The summed E-state index contributed by atoms with van der Waals surface area (Å²) in [7, 11) is -6.18. The summed E-state index contributed by atoms with van der Waals surface area (Å²) in [4.78, 5) is 0. The van der Waals surface area contributed by atoms with E-state index in [2.05, 4.69) is 76.3 Å². The van der Waals surface area contributed by atoms with Crippen LogP contribution in [-0.4, -0.2) is 36.6 Å². The fourth-order valence-corrected chi connectivity index (χ4v) is 8.45. The molecule has 46 heavy (non-hydrogen) atoms. The lowest BCUT2D eigenvalue weighted by molar-refractivity contribution is 0.659. The molecule has 0 fully saturated rings. The van der Waals surface area contributed by atoms with Gasteiger partial charge >= 0.3 is 0 Å². The van der Waals surface area contributed by atoms with Crippen LogP contribution in [-0.2, 0) is 0 Å². The molecule has 0 saturated carbocycles. The van der Waals surface area contributed by atoms with Crippen LogP contribution in [0.1, 0.15) is 84.0 Å². The van der Waals surface area contributed by atoms with E-state index in [1.807, 2.05) is 33.8 Å². The summed E-state index contributed by atoms with van der Waals surface area (Å²) in [5, 5.41) is 33.9. The molecule has 0 rings (SSSR count). The lowest BCUT2D eigenvalue weighted by Crippen LogP contribution is -2.21.